The summed E-state index contributed by atoms with van der Waals surface area (Å²) in [6.07, 6.45) is 5.57. The predicted octanol–water partition coefficient (Wildman–Crippen LogP) is 2.40. The van der Waals surface area contributed by atoms with Gasteiger partial charge in [0.1, 0.15) is 5.76 Å². The molecule has 2 heterocycles. The van der Waals surface area contributed by atoms with E-state index >= 15 is 0 Å². The summed E-state index contributed by atoms with van der Waals surface area (Å²) in [5.74, 6) is 2.22. The minimum absolute atomic E-state index is 0.498. The van der Waals surface area contributed by atoms with Crippen LogP contribution < -0.4 is 10.6 Å². The van der Waals surface area contributed by atoms with Gasteiger partial charge in [0.15, 0.2) is 5.96 Å². The number of rotatable bonds is 6. The van der Waals surface area contributed by atoms with Crippen molar-refractivity contribution < 1.29 is 4.42 Å². The Morgan fingerprint density at radius 2 is 1.85 bits per heavy atom. The summed E-state index contributed by atoms with van der Waals surface area (Å²) in [5.41, 5.74) is 3.34. The Kier molecular flexibility index (Phi) is 5.68. The maximum Gasteiger partial charge on any atom is 0.214 e. The van der Waals surface area contributed by atoms with Crippen molar-refractivity contribution >= 4 is 5.96 Å². The van der Waals surface area contributed by atoms with Crippen molar-refractivity contribution in [3.63, 3.8) is 0 Å². The lowest BCUT2D eigenvalue weighted by Gasteiger charge is -2.11. The smallest absolute Gasteiger partial charge is 0.214 e. The molecule has 3 aromatic rings. The molecule has 2 aromatic heterocycles. The highest BCUT2D eigenvalue weighted by Gasteiger charge is 2.06. The van der Waals surface area contributed by atoms with Gasteiger partial charge in [-0.15, -0.1) is 0 Å². The van der Waals surface area contributed by atoms with Crippen molar-refractivity contribution in [3.05, 3.63) is 71.5 Å². The number of benzene rings is 1. The van der Waals surface area contributed by atoms with E-state index in [0.717, 1.165) is 18.0 Å². The van der Waals surface area contributed by atoms with Crippen LogP contribution >= 0.6 is 0 Å². The van der Waals surface area contributed by atoms with E-state index in [2.05, 4.69) is 49.9 Å². The largest absolute Gasteiger partial charge is 0.444 e. The molecule has 0 radical (unpaired) electrons. The van der Waals surface area contributed by atoms with Crippen LogP contribution in [0.2, 0.25) is 0 Å². The molecule has 0 aliphatic carbocycles. The summed E-state index contributed by atoms with van der Waals surface area (Å²) in [6, 6.07) is 8.50. The maximum absolute atomic E-state index is 5.57. The molecule has 0 unspecified atom stereocenters. The molecule has 0 bridgehead atoms. The van der Waals surface area contributed by atoms with Gasteiger partial charge in [-0.05, 0) is 25.0 Å². The molecule has 0 amide bonds. The number of nitrogens with zero attached hydrogens (tertiary/aromatic N) is 4. The number of aliphatic imine (C=N–C) groups is 1. The van der Waals surface area contributed by atoms with Crippen LogP contribution in [0.3, 0.4) is 0 Å². The Morgan fingerprint density at radius 3 is 2.46 bits per heavy atom. The maximum atomic E-state index is 5.57. The number of aryl methyl sites for hydroxylation is 2. The van der Waals surface area contributed by atoms with E-state index in [-0.39, 0.29) is 0 Å². The molecule has 7 heteroatoms. The fraction of sp³-hybridized carbons (Fsp3) is 0.316. The molecule has 7 nitrogen and oxygen atoms in total. The van der Waals surface area contributed by atoms with Crippen LogP contribution in [0.1, 0.15) is 28.5 Å². The van der Waals surface area contributed by atoms with Gasteiger partial charge in [-0.25, -0.2) is 9.97 Å². The molecule has 0 spiro atoms. The molecule has 136 valence electrons. The number of oxazole rings is 1. The highest BCUT2D eigenvalue weighted by Crippen LogP contribution is 2.08. The molecule has 2 N–H and O–H groups in total. The van der Waals surface area contributed by atoms with Crippen LogP contribution in [0, 0.1) is 13.8 Å². The second-order valence-electron chi connectivity index (χ2n) is 6.08. The van der Waals surface area contributed by atoms with Gasteiger partial charge in [0.25, 0.3) is 0 Å². The van der Waals surface area contributed by atoms with Gasteiger partial charge >= 0.3 is 0 Å². The van der Waals surface area contributed by atoms with E-state index in [1.807, 2.05) is 30.9 Å². The Balaban J connectivity index is 1.48. The fourth-order valence-electron chi connectivity index (χ4n) is 2.53. The quantitative estimate of drug-likeness (QED) is 0.526. The Bertz CT molecular complexity index is 829. The first-order valence-corrected chi connectivity index (χ1v) is 8.55. The van der Waals surface area contributed by atoms with E-state index in [4.69, 9.17) is 4.42 Å². The van der Waals surface area contributed by atoms with Gasteiger partial charge in [-0.3, -0.25) is 4.99 Å². The molecule has 0 saturated heterocycles. The van der Waals surface area contributed by atoms with Gasteiger partial charge in [0.2, 0.25) is 5.89 Å². The monoisotopic (exact) mass is 352 g/mol. The Labute approximate surface area is 153 Å². The summed E-state index contributed by atoms with van der Waals surface area (Å²) in [7, 11) is 1.75. The standard InChI is InChI=1S/C19H24N6O/c1-14-15(2)26-18(24-14)11-23-19(20-3)22-10-16-4-6-17(7-5-16)12-25-9-8-21-13-25/h4-9,13H,10-12H2,1-3H3,(H2,20,22,23). The Hall–Kier alpha value is -3.09. The third-order valence-electron chi connectivity index (χ3n) is 4.11. The number of hydrogen-bond acceptors (Lipinski definition) is 4. The fourth-order valence-corrected chi connectivity index (χ4v) is 2.53. The van der Waals surface area contributed by atoms with Crippen LogP contribution in [-0.2, 0) is 19.6 Å². The third kappa shape index (κ3) is 4.72. The van der Waals surface area contributed by atoms with E-state index < -0.39 is 0 Å². The van der Waals surface area contributed by atoms with E-state index in [9.17, 15) is 0 Å². The molecule has 1 aromatic carbocycles. The van der Waals surface area contributed by atoms with Gasteiger partial charge < -0.3 is 19.6 Å². The molecular formula is C19H24N6O. The zero-order valence-electron chi connectivity index (χ0n) is 15.4. The van der Waals surface area contributed by atoms with Crippen LogP contribution in [0.4, 0.5) is 0 Å². The second-order valence-corrected chi connectivity index (χ2v) is 6.08. The first-order chi connectivity index (χ1) is 12.6. The topological polar surface area (TPSA) is 80.3 Å². The van der Waals surface area contributed by atoms with Crippen LogP contribution in [-0.4, -0.2) is 27.5 Å². The second kappa shape index (κ2) is 8.33. The van der Waals surface area contributed by atoms with Crippen molar-refractivity contribution in [3.8, 4) is 0 Å². The molecular weight excluding hydrogens is 328 g/mol. The zero-order valence-corrected chi connectivity index (χ0v) is 15.4. The summed E-state index contributed by atoms with van der Waals surface area (Å²) in [5, 5.41) is 6.51. The lowest BCUT2D eigenvalue weighted by atomic mass is 10.1. The van der Waals surface area contributed by atoms with E-state index in [1.54, 1.807) is 13.2 Å². The van der Waals surface area contributed by atoms with Crippen molar-refractivity contribution in [2.75, 3.05) is 7.05 Å². The van der Waals surface area contributed by atoms with Crippen molar-refractivity contribution in [2.24, 2.45) is 4.99 Å². The SMILES string of the molecule is CN=C(NCc1ccc(Cn2ccnc2)cc1)NCc1nc(C)c(C)o1. The molecule has 0 saturated carbocycles. The zero-order chi connectivity index (χ0) is 18.4. The first kappa shape index (κ1) is 17.7. The lowest BCUT2D eigenvalue weighted by molar-refractivity contribution is 0.463. The third-order valence-corrected chi connectivity index (χ3v) is 4.11. The van der Waals surface area contributed by atoms with Crippen LogP contribution in [0.5, 0.6) is 0 Å². The van der Waals surface area contributed by atoms with Crippen molar-refractivity contribution in [1.82, 2.24) is 25.2 Å². The van der Waals surface area contributed by atoms with Crippen LogP contribution in [0.25, 0.3) is 0 Å². The number of nitrogens with one attached hydrogen (secondary N) is 2. The molecule has 0 aliphatic heterocycles. The van der Waals surface area contributed by atoms with Gasteiger partial charge in [-0.2, -0.15) is 0 Å². The van der Waals surface area contributed by atoms with Gasteiger partial charge in [-0.1, -0.05) is 24.3 Å². The normalized spacial score (nSPS) is 11.6. The Morgan fingerprint density at radius 1 is 1.12 bits per heavy atom. The first-order valence-electron chi connectivity index (χ1n) is 8.55. The summed E-state index contributed by atoms with van der Waals surface area (Å²) < 4.78 is 7.61. The van der Waals surface area contributed by atoms with E-state index in [0.29, 0.717) is 24.9 Å². The van der Waals surface area contributed by atoms with E-state index in [1.165, 1.54) is 11.1 Å². The predicted molar refractivity (Wildman–Crippen MR) is 101 cm³/mol. The average Bonchev–Trinajstić information content (AvgIpc) is 3.26. The molecule has 26 heavy (non-hydrogen) atoms. The molecule has 0 fully saturated rings. The van der Waals surface area contributed by atoms with Crippen LogP contribution in [0.15, 0.2) is 52.4 Å². The van der Waals surface area contributed by atoms with Gasteiger partial charge in [0.05, 0.1) is 18.6 Å². The summed E-state index contributed by atoms with van der Waals surface area (Å²) >= 11 is 0. The summed E-state index contributed by atoms with van der Waals surface area (Å²) in [6.45, 7) is 5.86. The minimum atomic E-state index is 0.498. The van der Waals surface area contributed by atoms with Crippen molar-refractivity contribution in [2.45, 2.75) is 33.5 Å². The number of guanidine groups is 1. The number of imidazole rings is 1. The lowest BCUT2D eigenvalue weighted by Crippen LogP contribution is -2.36. The molecule has 0 aliphatic rings. The highest BCUT2D eigenvalue weighted by atomic mass is 16.4. The average molecular weight is 352 g/mol. The minimum Gasteiger partial charge on any atom is -0.444 e. The molecule has 3 rings (SSSR count). The number of hydrogen-bond donors (Lipinski definition) is 2. The number of aromatic nitrogens is 3. The summed E-state index contributed by atoms with van der Waals surface area (Å²) in [4.78, 5) is 12.6. The van der Waals surface area contributed by atoms with Crippen molar-refractivity contribution in [1.29, 1.82) is 0 Å². The van der Waals surface area contributed by atoms with Gasteiger partial charge in [0, 0.05) is 32.5 Å². The highest BCUT2D eigenvalue weighted by molar-refractivity contribution is 5.79. The molecule has 0 atom stereocenters.